The molecule has 0 spiro atoms. The standard InChI is InChI=1S/C13H26O2S/c1-3-6-13(11-16,7-4-2)10-15-12-5-8-14-9-12/h12,16H,3-11H2,1-2H3. The van der Waals surface area contributed by atoms with Crippen LogP contribution in [0.2, 0.25) is 0 Å². The average Bonchev–Trinajstić information content (AvgIpc) is 2.79. The van der Waals surface area contributed by atoms with Crippen LogP contribution in [-0.4, -0.2) is 31.7 Å². The third-order valence-corrected chi connectivity index (χ3v) is 4.08. The quantitative estimate of drug-likeness (QED) is 0.662. The first-order valence-corrected chi connectivity index (χ1v) is 7.20. The van der Waals surface area contributed by atoms with Crippen molar-refractivity contribution >= 4 is 12.6 Å². The highest BCUT2D eigenvalue weighted by Gasteiger charge is 2.29. The van der Waals surface area contributed by atoms with Crippen LogP contribution >= 0.6 is 12.6 Å². The van der Waals surface area contributed by atoms with E-state index >= 15 is 0 Å². The van der Waals surface area contributed by atoms with E-state index in [-0.39, 0.29) is 5.41 Å². The zero-order chi connectivity index (χ0) is 11.9. The monoisotopic (exact) mass is 246 g/mol. The molecule has 96 valence electrons. The van der Waals surface area contributed by atoms with E-state index in [0.29, 0.717) is 6.10 Å². The van der Waals surface area contributed by atoms with Crippen LogP contribution in [0.25, 0.3) is 0 Å². The molecule has 3 heteroatoms. The molecule has 1 heterocycles. The van der Waals surface area contributed by atoms with E-state index < -0.39 is 0 Å². The molecule has 16 heavy (non-hydrogen) atoms. The molecule has 0 aliphatic carbocycles. The van der Waals surface area contributed by atoms with Gasteiger partial charge in [0, 0.05) is 12.0 Å². The van der Waals surface area contributed by atoms with Gasteiger partial charge in [-0.1, -0.05) is 26.7 Å². The lowest BCUT2D eigenvalue weighted by Crippen LogP contribution is -2.31. The zero-order valence-electron chi connectivity index (χ0n) is 10.7. The molecule has 1 rings (SSSR count). The first-order chi connectivity index (χ1) is 7.76. The maximum atomic E-state index is 5.99. The topological polar surface area (TPSA) is 18.5 Å². The highest BCUT2D eigenvalue weighted by atomic mass is 32.1. The predicted octanol–water partition coefficient (Wildman–Crippen LogP) is 3.31. The van der Waals surface area contributed by atoms with Crippen LogP contribution in [0, 0.1) is 5.41 Å². The van der Waals surface area contributed by atoms with E-state index in [4.69, 9.17) is 9.47 Å². The van der Waals surface area contributed by atoms with E-state index in [2.05, 4.69) is 26.5 Å². The molecule has 0 aromatic heterocycles. The third kappa shape index (κ3) is 4.27. The van der Waals surface area contributed by atoms with Crippen LogP contribution < -0.4 is 0 Å². The Bertz CT molecular complexity index is 173. The molecule has 1 aliphatic rings. The zero-order valence-corrected chi connectivity index (χ0v) is 11.6. The van der Waals surface area contributed by atoms with Gasteiger partial charge in [-0.3, -0.25) is 0 Å². The van der Waals surface area contributed by atoms with Crippen LogP contribution in [0.4, 0.5) is 0 Å². The van der Waals surface area contributed by atoms with Crippen molar-refractivity contribution in [3.63, 3.8) is 0 Å². The van der Waals surface area contributed by atoms with E-state index in [1.165, 1.54) is 25.7 Å². The van der Waals surface area contributed by atoms with Gasteiger partial charge in [0.25, 0.3) is 0 Å². The number of hydrogen-bond acceptors (Lipinski definition) is 3. The van der Waals surface area contributed by atoms with Crippen LogP contribution in [-0.2, 0) is 9.47 Å². The fourth-order valence-corrected chi connectivity index (χ4v) is 2.88. The van der Waals surface area contributed by atoms with Crippen LogP contribution in [0.3, 0.4) is 0 Å². The molecule has 0 saturated carbocycles. The lowest BCUT2D eigenvalue weighted by molar-refractivity contribution is -0.0118. The fraction of sp³-hybridized carbons (Fsp3) is 1.00. The van der Waals surface area contributed by atoms with E-state index in [1.54, 1.807) is 0 Å². The van der Waals surface area contributed by atoms with Gasteiger partial charge in [-0.05, 0) is 25.0 Å². The highest BCUT2D eigenvalue weighted by Crippen LogP contribution is 2.32. The lowest BCUT2D eigenvalue weighted by atomic mass is 9.82. The molecular formula is C13H26O2S. The molecule has 0 N–H and O–H groups in total. The third-order valence-electron chi connectivity index (χ3n) is 3.41. The minimum Gasteiger partial charge on any atom is -0.379 e. The molecular weight excluding hydrogens is 220 g/mol. The van der Waals surface area contributed by atoms with E-state index in [1.807, 2.05) is 0 Å². The summed E-state index contributed by atoms with van der Waals surface area (Å²) >= 11 is 4.53. The van der Waals surface area contributed by atoms with Gasteiger partial charge in [-0.25, -0.2) is 0 Å². The molecule has 2 nitrogen and oxygen atoms in total. The van der Waals surface area contributed by atoms with E-state index in [9.17, 15) is 0 Å². The number of rotatable bonds is 8. The second-order valence-electron chi connectivity index (χ2n) is 4.95. The van der Waals surface area contributed by atoms with Gasteiger partial charge < -0.3 is 9.47 Å². The summed E-state index contributed by atoms with van der Waals surface area (Å²) in [5.74, 6) is 0.933. The fourth-order valence-electron chi connectivity index (χ4n) is 2.47. The molecule has 0 amide bonds. The molecule has 1 atom stereocenters. The predicted molar refractivity (Wildman–Crippen MR) is 71.3 cm³/mol. The van der Waals surface area contributed by atoms with Crippen LogP contribution in [0.1, 0.15) is 46.0 Å². The van der Waals surface area contributed by atoms with Gasteiger partial charge in [0.15, 0.2) is 0 Å². The Labute approximate surface area is 105 Å². The van der Waals surface area contributed by atoms with Crippen molar-refractivity contribution < 1.29 is 9.47 Å². The SMILES string of the molecule is CCCC(CS)(CCC)COC1CCOC1. The molecule has 1 saturated heterocycles. The summed E-state index contributed by atoms with van der Waals surface area (Å²) in [7, 11) is 0. The number of thiol groups is 1. The maximum absolute atomic E-state index is 5.99. The molecule has 1 aliphatic heterocycles. The largest absolute Gasteiger partial charge is 0.379 e. The Kier molecular flexibility index (Phi) is 6.78. The number of hydrogen-bond donors (Lipinski definition) is 1. The molecule has 1 fully saturated rings. The molecule has 1 unspecified atom stereocenters. The van der Waals surface area contributed by atoms with Gasteiger partial charge in [-0.15, -0.1) is 0 Å². The first kappa shape index (κ1) is 14.3. The smallest absolute Gasteiger partial charge is 0.0830 e. The minimum atomic E-state index is 0.287. The van der Waals surface area contributed by atoms with Gasteiger partial charge >= 0.3 is 0 Å². The molecule has 0 aromatic rings. The summed E-state index contributed by atoms with van der Waals surface area (Å²) in [4.78, 5) is 0. The first-order valence-electron chi connectivity index (χ1n) is 6.56. The minimum absolute atomic E-state index is 0.287. The van der Waals surface area contributed by atoms with Crippen LogP contribution in [0.15, 0.2) is 0 Å². The Hall–Kier alpha value is 0.270. The van der Waals surface area contributed by atoms with Gasteiger partial charge in [0.2, 0.25) is 0 Å². The summed E-state index contributed by atoms with van der Waals surface area (Å²) in [5, 5.41) is 0. The van der Waals surface area contributed by atoms with Crippen molar-refractivity contribution in [2.75, 3.05) is 25.6 Å². The van der Waals surface area contributed by atoms with E-state index in [0.717, 1.165) is 32.0 Å². The highest BCUT2D eigenvalue weighted by molar-refractivity contribution is 7.80. The summed E-state index contributed by atoms with van der Waals surface area (Å²) < 4.78 is 11.3. The van der Waals surface area contributed by atoms with Crippen molar-refractivity contribution in [2.24, 2.45) is 5.41 Å². The van der Waals surface area contributed by atoms with Crippen LogP contribution in [0.5, 0.6) is 0 Å². The Balaban J connectivity index is 2.40. The Morgan fingerprint density at radius 1 is 1.31 bits per heavy atom. The van der Waals surface area contributed by atoms with Gasteiger partial charge in [0.1, 0.15) is 0 Å². The normalized spacial score (nSPS) is 21.6. The molecule has 0 aromatic carbocycles. The maximum Gasteiger partial charge on any atom is 0.0830 e. The Morgan fingerprint density at radius 3 is 2.44 bits per heavy atom. The Morgan fingerprint density at radius 2 is 2.00 bits per heavy atom. The number of ether oxygens (including phenoxy) is 2. The molecule has 0 radical (unpaired) electrons. The second kappa shape index (κ2) is 7.57. The summed E-state index contributed by atoms with van der Waals surface area (Å²) in [6.45, 7) is 6.98. The van der Waals surface area contributed by atoms with Gasteiger partial charge in [-0.2, -0.15) is 12.6 Å². The average molecular weight is 246 g/mol. The lowest BCUT2D eigenvalue weighted by Gasteiger charge is -2.32. The van der Waals surface area contributed by atoms with Crippen molar-refractivity contribution in [1.82, 2.24) is 0 Å². The van der Waals surface area contributed by atoms with Crippen molar-refractivity contribution in [3.05, 3.63) is 0 Å². The molecule has 0 bridgehead atoms. The summed E-state index contributed by atoms with van der Waals surface area (Å²) in [6.07, 6.45) is 6.25. The van der Waals surface area contributed by atoms with Crippen molar-refractivity contribution in [2.45, 2.75) is 52.1 Å². The second-order valence-corrected chi connectivity index (χ2v) is 5.27. The summed E-state index contributed by atoms with van der Waals surface area (Å²) in [6, 6.07) is 0. The van der Waals surface area contributed by atoms with Crippen molar-refractivity contribution in [1.29, 1.82) is 0 Å². The van der Waals surface area contributed by atoms with Crippen molar-refractivity contribution in [3.8, 4) is 0 Å². The van der Waals surface area contributed by atoms with Gasteiger partial charge in [0.05, 0.1) is 19.3 Å². The summed E-state index contributed by atoms with van der Waals surface area (Å²) in [5.41, 5.74) is 0.287.